The Hall–Kier alpha value is -1.30. The molecule has 0 heterocycles. The molecule has 118 valence electrons. The zero-order valence-corrected chi connectivity index (χ0v) is 13.2. The van der Waals surface area contributed by atoms with Gasteiger partial charge in [0.25, 0.3) is 0 Å². The van der Waals surface area contributed by atoms with E-state index in [1.807, 2.05) is 13.8 Å². The average Bonchev–Trinajstić information content (AvgIpc) is 2.35. The van der Waals surface area contributed by atoms with Gasteiger partial charge in [-0.25, -0.2) is 4.79 Å². The summed E-state index contributed by atoms with van der Waals surface area (Å²) in [4.78, 5) is 23.9. The highest BCUT2D eigenvalue weighted by Crippen LogP contribution is 2.26. The molecule has 0 aliphatic carbocycles. The Bertz CT molecular complexity index is 340. The number of carbonyl (C=O) groups excluding carboxylic acids is 1. The van der Waals surface area contributed by atoms with Crippen molar-refractivity contribution in [3.05, 3.63) is 0 Å². The minimum absolute atomic E-state index is 0.110. The molecule has 0 bridgehead atoms. The Kier molecular flexibility index (Phi) is 6.99. The smallest absolute Gasteiger partial charge is 0.317 e. The Labute approximate surface area is 121 Å². The van der Waals surface area contributed by atoms with Crippen LogP contribution < -0.4 is 5.32 Å². The molecule has 0 spiro atoms. The summed E-state index contributed by atoms with van der Waals surface area (Å²) in [6.07, 6.45) is 1.42. The molecule has 0 aliphatic rings. The van der Waals surface area contributed by atoms with E-state index in [4.69, 9.17) is 5.11 Å². The monoisotopic (exact) mass is 288 g/mol. The molecule has 20 heavy (non-hydrogen) atoms. The summed E-state index contributed by atoms with van der Waals surface area (Å²) < 4.78 is 0. The van der Waals surface area contributed by atoms with Gasteiger partial charge in [-0.05, 0) is 32.1 Å². The zero-order chi connectivity index (χ0) is 16.0. The van der Waals surface area contributed by atoms with Crippen LogP contribution in [-0.2, 0) is 4.79 Å². The van der Waals surface area contributed by atoms with Gasteiger partial charge in [0.15, 0.2) is 0 Å². The summed E-state index contributed by atoms with van der Waals surface area (Å²) in [5, 5.41) is 20.7. The van der Waals surface area contributed by atoms with Crippen LogP contribution in [0.4, 0.5) is 4.79 Å². The summed E-state index contributed by atoms with van der Waals surface area (Å²) in [5.41, 5.74) is -0.736. The molecule has 3 N–H and O–H groups in total. The van der Waals surface area contributed by atoms with Gasteiger partial charge in [0.2, 0.25) is 0 Å². The van der Waals surface area contributed by atoms with Gasteiger partial charge >= 0.3 is 12.0 Å². The minimum Gasteiger partial charge on any atom is -0.481 e. The van der Waals surface area contributed by atoms with Crippen LogP contribution in [0.3, 0.4) is 0 Å². The van der Waals surface area contributed by atoms with E-state index in [1.54, 1.807) is 20.9 Å². The van der Waals surface area contributed by atoms with Crippen molar-refractivity contribution < 1.29 is 19.8 Å². The zero-order valence-electron chi connectivity index (χ0n) is 13.2. The quantitative estimate of drug-likeness (QED) is 0.634. The van der Waals surface area contributed by atoms with E-state index >= 15 is 0 Å². The van der Waals surface area contributed by atoms with E-state index in [0.29, 0.717) is 19.4 Å². The second-order valence-corrected chi connectivity index (χ2v) is 6.57. The SMILES string of the molecule is CN(C(=O)NCCC(C)(C)CCC(=O)O)C(C)(C)CO. The molecule has 0 aliphatic heterocycles. The maximum absolute atomic E-state index is 11.9. The molecule has 0 aromatic carbocycles. The number of rotatable bonds is 8. The molecule has 0 saturated heterocycles. The third kappa shape index (κ3) is 6.75. The Morgan fingerprint density at radius 2 is 1.70 bits per heavy atom. The molecule has 0 unspecified atom stereocenters. The third-order valence-electron chi connectivity index (χ3n) is 3.69. The lowest BCUT2D eigenvalue weighted by Gasteiger charge is -2.34. The number of amides is 2. The van der Waals surface area contributed by atoms with Crippen molar-refractivity contribution in [3.63, 3.8) is 0 Å². The van der Waals surface area contributed by atoms with Crippen LogP contribution in [0.15, 0.2) is 0 Å². The van der Waals surface area contributed by atoms with Gasteiger partial charge in [0, 0.05) is 20.0 Å². The molecule has 6 heteroatoms. The number of carbonyl (C=O) groups is 2. The van der Waals surface area contributed by atoms with Gasteiger partial charge in [-0.1, -0.05) is 13.8 Å². The number of nitrogens with zero attached hydrogens (tertiary/aromatic N) is 1. The molecule has 0 fully saturated rings. The molecule has 0 radical (unpaired) electrons. The lowest BCUT2D eigenvalue weighted by molar-refractivity contribution is -0.137. The van der Waals surface area contributed by atoms with Crippen LogP contribution in [0.5, 0.6) is 0 Å². The highest BCUT2D eigenvalue weighted by molar-refractivity contribution is 5.74. The number of aliphatic carboxylic acids is 1. The molecule has 2 amide bonds. The molecule has 0 atom stereocenters. The lowest BCUT2D eigenvalue weighted by atomic mass is 9.84. The summed E-state index contributed by atoms with van der Waals surface area (Å²) in [5.74, 6) is -0.800. The van der Waals surface area contributed by atoms with Gasteiger partial charge in [-0.15, -0.1) is 0 Å². The van der Waals surface area contributed by atoms with Crippen LogP contribution in [0, 0.1) is 5.41 Å². The number of aliphatic hydroxyl groups excluding tert-OH is 1. The first kappa shape index (κ1) is 18.7. The maximum atomic E-state index is 11.9. The largest absolute Gasteiger partial charge is 0.481 e. The number of carboxylic acid groups (broad SMARTS) is 1. The highest BCUT2D eigenvalue weighted by Gasteiger charge is 2.27. The van der Waals surface area contributed by atoms with Crippen molar-refractivity contribution in [1.29, 1.82) is 0 Å². The second-order valence-electron chi connectivity index (χ2n) is 6.57. The van der Waals surface area contributed by atoms with Gasteiger partial charge in [0.1, 0.15) is 0 Å². The Morgan fingerprint density at radius 3 is 2.15 bits per heavy atom. The normalized spacial score (nSPS) is 12.1. The predicted octanol–water partition coefficient (Wildman–Crippen LogP) is 1.68. The average molecular weight is 288 g/mol. The van der Waals surface area contributed by atoms with E-state index < -0.39 is 11.5 Å². The first-order valence-electron chi connectivity index (χ1n) is 6.86. The molecular formula is C14H28N2O4. The molecule has 0 saturated carbocycles. The van der Waals surface area contributed by atoms with E-state index in [1.165, 1.54) is 4.90 Å². The summed E-state index contributed by atoms with van der Waals surface area (Å²) in [6, 6.07) is -0.238. The van der Waals surface area contributed by atoms with Crippen LogP contribution >= 0.6 is 0 Å². The van der Waals surface area contributed by atoms with E-state index in [2.05, 4.69) is 5.32 Å². The molecule has 0 aromatic rings. The van der Waals surface area contributed by atoms with Crippen molar-refractivity contribution in [2.45, 2.75) is 52.5 Å². The van der Waals surface area contributed by atoms with Crippen LogP contribution in [-0.4, -0.2) is 52.9 Å². The van der Waals surface area contributed by atoms with Gasteiger partial charge < -0.3 is 20.4 Å². The molecular weight excluding hydrogens is 260 g/mol. The number of carboxylic acids is 1. The number of urea groups is 1. The van der Waals surface area contributed by atoms with Crippen molar-refractivity contribution in [2.24, 2.45) is 5.41 Å². The fraction of sp³-hybridized carbons (Fsp3) is 0.857. The molecule has 6 nitrogen and oxygen atoms in total. The number of likely N-dealkylation sites (N-methyl/N-ethyl adjacent to an activating group) is 1. The fourth-order valence-corrected chi connectivity index (χ4v) is 1.58. The first-order chi connectivity index (χ1) is 9.02. The highest BCUT2D eigenvalue weighted by atomic mass is 16.4. The van der Waals surface area contributed by atoms with Crippen LogP contribution in [0.2, 0.25) is 0 Å². The van der Waals surface area contributed by atoms with E-state index in [9.17, 15) is 14.7 Å². The Morgan fingerprint density at radius 1 is 1.15 bits per heavy atom. The first-order valence-corrected chi connectivity index (χ1v) is 6.86. The van der Waals surface area contributed by atoms with Gasteiger partial charge in [0.05, 0.1) is 12.1 Å². The Balaban J connectivity index is 4.17. The molecule has 0 aromatic heterocycles. The summed E-state index contributed by atoms with van der Waals surface area (Å²) in [6.45, 7) is 7.91. The van der Waals surface area contributed by atoms with Crippen molar-refractivity contribution in [3.8, 4) is 0 Å². The number of nitrogens with one attached hydrogen (secondary N) is 1. The number of aliphatic hydroxyl groups is 1. The summed E-state index contributed by atoms with van der Waals surface area (Å²) >= 11 is 0. The van der Waals surface area contributed by atoms with Gasteiger partial charge in [-0.3, -0.25) is 4.79 Å². The van der Waals surface area contributed by atoms with Crippen molar-refractivity contribution in [1.82, 2.24) is 10.2 Å². The minimum atomic E-state index is -0.800. The lowest BCUT2D eigenvalue weighted by Crippen LogP contribution is -2.52. The second kappa shape index (κ2) is 7.47. The standard InChI is InChI=1S/C14H28N2O4/c1-13(2,7-6-11(18)19)8-9-15-12(20)16(5)14(3,4)10-17/h17H,6-10H2,1-5H3,(H,15,20)(H,18,19). The number of hydrogen-bond donors (Lipinski definition) is 3. The van der Waals surface area contributed by atoms with E-state index in [0.717, 1.165) is 0 Å². The van der Waals surface area contributed by atoms with E-state index in [-0.39, 0.29) is 24.5 Å². The van der Waals surface area contributed by atoms with Crippen molar-refractivity contribution >= 4 is 12.0 Å². The third-order valence-corrected chi connectivity index (χ3v) is 3.69. The van der Waals surface area contributed by atoms with Crippen LogP contribution in [0.1, 0.15) is 47.0 Å². The van der Waals surface area contributed by atoms with Crippen molar-refractivity contribution in [2.75, 3.05) is 20.2 Å². The topological polar surface area (TPSA) is 89.9 Å². The molecule has 0 rings (SSSR count). The fourth-order valence-electron chi connectivity index (χ4n) is 1.58. The van der Waals surface area contributed by atoms with Gasteiger partial charge in [-0.2, -0.15) is 0 Å². The summed E-state index contributed by atoms with van der Waals surface area (Å²) in [7, 11) is 1.64. The predicted molar refractivity (Wildman–Crippen MR) is 77.6 cm³/mol. The number of hydrogen-bond acceptors (Lipinski definition) is 3. The van der Waals surface area contributed by atoms with Crippen LogP contribution in [0.25, 0.3) is 0 Å². The maximum Gasteiger partial charge on any atom is 0.317 e.